The monoisotopic (exact) mass is 440 g/mol. The maximum Gasteiger partial charge on any atom is 0.173 e. The average molecular weight is 440 g/mol. The zero-order valence-corrected chi connectivity index (χ0v) is 17.8. The van der Waals surface area contributed by atoms with Gasteiger partial charge >= 0.3 is 0 Å². The Labute approximate surface area is 185 Å². The third-order valence-corrected chi connectivity index (χ3v) is 6.28. The number of halogens is 2. The van der Waals surface area contributed by atoms with Crippen LogP contribution in [0.25, 0.3) is 0 Å². The summed E-state index contributed by atoms with van der Waals surface area (Å²) in [6, 6.07) is 13.0. The van der Waals surface area contributed by atoms with E-state index >= 15 is 0 Å². The quantitative estimate of drug-likeness (QED) is 0.587. The van der Waals surface area contributed by atoms with Gasteiger partial charge in [-0.3, -0.25) is 4.90 Å². The average Bonchev–Trinajstić information content (AvgIpc) is 3.49. The van der Waals surface area contributed by atoms with Crippen molar-refractivity contribution in [3.8, 4) is 0 Å². The molecule has 2 aliphatic rings. The van der Waals surface area contributed by atoms with Crippen molar-refractivity contribution in [1.82, 2.24) is 25.1 Å². The van der Waals surface area contributed by atoms with Gasteiger partial charge in [0.25, 0.3) is 0 Å². The Bertz CT molecular complexity index is 1030. The Morgan fingerprint density at radius 2 is 1.78 bits per heavy atom. The van der Waals surface area contributed by atoms with E-state index in [9.17, 15) is 8.78 Å². The van der Waals surface area contributed by atoms with Crippen LogP contribution in [0.5, 0.6) is 0 Å². The summed E-state index contributed by atoms with van der Waals surface area (Å²) in [5.41, 5.74) is 1.54. The van der Waals surface area contributed by atoms with Crippen molar-refractivity contribution in [2.24, 2.45) is 0 Å². The minimum atomic E-state index is -0.400. The van der Waals surface area contributed by atoms with Gasteiger partial charge in [0.05, 0.1) is 12.6 Å². The summed E-state index contributed by atoms with van der Waals surface area (Å²) in [5, 5.41) is 12.4. The lowest BCUT2D eigenvalue weighted by atomic mass is 10.0. The van der Waals surface area contributed by atoms with E-state index in [1.54, 1.807) is 28.9 Å². The lowest BCUT2D eigenvalue weighted by molar-refractivity contribution is 0.0906. The summed E-state index contributed by atoms with van der Waals surface area (Å²) >= 11 is 0. The second-order valence-electron chi connectivity index (χ2n) is 8.28. The summed E-state index contributed by atoms with van der Waals surface area (Å²) in [5.74, 6) is 0.107. The molecule has 5 rings (SSSR count). The molecule has 2 fully saturated rings. The molecule has 1 aromatic heterocycles. The molecule has 2 aliphatic heterocycles. The molecule has 0 radical (unpaired) electrons. The lowest BCUT2D eigenvalue weighted by Gasteiger charge is -2.40. The van der Waals surface area contributed by atoms with Crippen LogP contribution in [0.4, 0.5) is 14.5 Å². The third-order valence-electron chi connectivity index (χ3n) is 6.28. The number of hydrogen-bond acceptors (Lipinski definition) is 6. The van der Waals surface area contributed by atoms with E-state index in [-0.39, 0.29) is 17.7 Å². The number of rotatable bonds is 6. The van der Waals surface area contributed by atoms with Crippen LogP contribution in [0.3, 0.4) is 0 Å². The zero-order valence-electron chi connectivity index (χ0n) is 17.8. The molecule has 7 nitrogen and oxygen atoms in total. The Kier molecular flexibility index (Phi) is 6.09. The van der Waals surface area contributed by atoms with Crippen molar-refractivity contribution >= 4 is 5.69 Å². The van der Waals surface area contributed by atoms with Crippen molar-refractivity contribution in [3.63, 3.8) is 0 Å². The Morgan fingerprint density at radius 1 is 1.00 bits per heavy atom. The second kappa shape index (κ2) is 9.30. The minimum absolute atomic E-state index is 0.0776. The number of benzene rings is 2. The fourth-order valence-electron chi connectivity index (χ4n) is 4.60. The van der Waals surface area contributed by atoms with Gasteiger partial charge in [-0.1, -0.05) is 18.2 Å². The highest BCUT2D eigenvalue weighted by atomic mass is 19.1. The van der Waals surface area contributed by atoms with E-state index in [1.165, 1.54) is 18.2 Å². The van der Waals surface area contributed by atoms with Crippen molar-refractivity contribution < 1.29 is 13.5 Å². The van der Waals surface area contributed by atoms with Gasteiger partial charge in [-0.25, -0.2) is 13.5 Å². The summed E-state index contributed by atoms with van der Waals surface area (Å²) < 4.78 is 35.8. The molecule has 0 bridgehead atoms. The van der Waals surface area contributed by atoms with Crippen LogP contribution in [0.15, 0.2) is 48.5 Å². The maximum absolute atomic E-state index is 14.9. The fraction of sp³-hybridized carbons (Fsp3) is 0.435. The Balaban J connectivity index is 1.40. The smallest absolute Gasteiger partial charge is 0.173 e. The maximum atomic E-state index is 14.9. The van der Waals surface area contributed by atoms with Crippen LogP contribution in [0.2, 0.25) is 0 Å². The van der Waals surface area contributed by atoms with E-state index < -0.39 is 6.04 Å². The van der Waals surface area contributed by atoms with Gasteiger partial charge in [0.2, 0.25) is 0 Å². The predicted molar refractivity (Wildman–Crippen MR) is 115 cm³/mol. The van der Waals surface area contributed by atoms with E-state index in [4.69, 9.17) is 4.74 Å². The van der Waals surface area contributed by atoms with E-state index in [1.807, 2.05) is 6.07 Å². The van der Waals surface area contributed by atoms with Crippen LogP contribution in [-0.4, -0.2) is 64.0 Å². The topological polar surface area (TPSA) is 59.3 Å². The predicted octanol–water partition coefficient (Wildman–Crippen LogP) is 3.04. The normalized spacial score (nSPS) is 20.6. The fourth-order valence-corrected chi connectivity index (χ4v) is 4.60. The molecule has 0 aliphatic carbocycles. The highest BCUT2D eigenvalue weighted by Crippen LogP contribution is 2.31. The number of ether oxygens (including phenoxy) is 1. The van der Waals surface area contributed by atoms with E-state index in [0.29, 0.717) is 31.0 Å². The van der Waals surface area contributed by atoms with E-state index in [0.717, 1.165) is 38.2 Å². The molecule has 32 heavy (non-hydrogen) atoms. The molecule has 2 aromatic carbocycles. The molecule has 0 spiro atoms. The number of anilines is 1. The summed E-state index contributed by atoms with van der Waals surface area (Å²) in [6.45, 7) is 4.19. The van der Waals surface area contributed by atoms with Gasteiger partial charge in [-0.15, -0.1) is 5.10 Å². The molecular formula is C23H26F2N6O. The first-order chi connectivity index (χ1) is 15.7. The molecule has 0 saturated carbocycles. The molecule has 3 aromatic rings. The van der Waals surface area contributed by atoms with Gasteiger partial charge in [-0.05, 0) is 53.6 Å². The molecule has 3 heterocycles. The highest BCUT2D eigenvalue weighted by molar-refractivity contribution is 5.46. The number of nitrogens with zero attached hydrogens (tertiary/aromatic N) is 6. The number of hydrogen-bond donors (Lipinski definition) is 0. The zero-order chi connectivity index (χ0) is 21.9. The van der Waals surface area contributed by atoms with Crippen molar-refractivity contribution in [3.05, 3.63) is 71.6 Å². The van der Waals surface area contributed by atoms with Crippen LogP contribution in [0, 0.1) is 11.6 Å². The molecule has 9 heteroatoms. The van der Waals surface area contributed by atoms with Crippen LogP contribution >= 0.6 is 0 Å². The molecule has 2 atom stereocenters. The second-order valence-corrected chi connectivity index (χ2v) is 8.28. The highest BCUT2D eigenvalue weighted by Gasteiger charge is 2.33. The van der Waals surface area contributed by atoms with Gasteiger partial charge in [0.1, 0.15) is 17.7 Å². The number of tetrazole rings is 1. The third kappa shape index (κ3) is 4.35. The first-order valence-corrected chi connectivity index (χ1v) is 11.1. The van der Waals surface area contributed by atoms with Crippen molar-refractivity contribution in [2.75, 3.05) is 37.7 Å². The molecule has 2 saturated heterocycles. The van der Waals surface area contributed by atoms with Crippen molar-refractivity contribution in [2.45, 2.75) is 31.5 Å². The van der Waals surface area contributed by atoms with Crippen LogP contribution in [0.1, 0.15) is 30.3 Å². The Hall–Kier alpha value is -2.91. The minimum Gasteiger partial charge on any atom is -0.376 e. The Morgan fingerprint density at radius 3 is 2.50 bits per heavy atom. The summed E-state index contributed by atoms with van der Waals surface area (Å²) in [7, 11) is 0. The van der Waals surface area contributed by atoms with Gasteiger partial charge in [0.15, 0.2) is 5.82 Å². The van der Waals surface area contributed by atoms with Crippen molar-refractivity contribution in [1.29, 1.82) is 0 Å². The first kappa shape index (κ1) is 21.0. The van der Waals surface area contributed by atoms with Crippen LogP contribution in [-0.2, 0) is 11.3 Å². The standard InChI is InChI=1S/C23H26F2N6O/c24-17-7-9-18(10-8-17)29-11-13-30(14-12-29)22(20-5-1-2-6-21(20)25)23-26-27-28-31(23)16-19-4-3-15-32-19/h1-2,5-10,19,22H,3-4,11-16H2/t19-,22+/m0/s1. The molecular weight excluding hydrogens is 414 g/mol. The number of aromatic nitrogens is 4. The largest absolute Gasteiger partial charge is 0.376 e. The molecule has 0 amide bonds. The lowest BCUT2D eigenvalue weighted by Crippen LogP contribution is -2.48. The molecule has 0 N–H and O–H groups in total. The summed E-state index contributed by atoms with van der Waals surface area (Å²) in [6.07, 6.45) is 2.08. The van der Waals surface area contributed by atoms with Gasteiger partial charge in [-0.2, -0.15) is 0 Å². The van der Waals surface area contributed by atoms with E-state index in [2.05, 4.69) is 25.3 Å². The molecule has 168 valence electrons. The first-order valence-electron chi connectivity index (χ1n) is 11.1. The van der Waals surface area contributed by atoms with Gasteiger partial charge < -0.3 is 9.64 Å². The number of piperazine rings is 1. The molecule has 0 unspecified atom stereocenters. The SMILES string of the molecule is Fc1ccc(N2CCN([C@H](c3ccccc3F)c3nnnn3C[C@@H]3CCCO3)CC2)cc1. The van der Waals surface area contributed by atoms with Gasteiger partial charge in [0, 0.05) is 44.0 Å². The van der Waals surface area contributed by atoms with Crippen LogP contribution < -0.4 is 4.90 Å². The summed E-state index contributed by atoms with van der Waals surface area (Å²) in [4.78, 5) is 4.43.